The fourth-order valence-corrected chi connectivity index (χ4v) is 1.13. The molecule has 0 bridgehead atoms. The standard InChI is InChI=1S/C8H10FP/c1-6-2-3-8(10)4-7(6)5-9/h2-4H,5,10H2,1H3. The SMILES string of the molecule is Cc1ccc(P)cc1CF. The van der Waals surface area contributed by atoms with E-state index in [9.17, 15) is 4.39 Å². The molecular formula is C8H10FP. The number of halogens is 1. The molecule has 10 heavy (non-hydrogen) atoms. The number of aryl methyl sites for hydroxylation is 1. The Morgan fingerprint density at radius 3 is 2.70 bits per heavy atom. The van der Waals surface area contributed by atoms with Crippen LogP contribution < -0.4 is 5.30 Å². The molecule has 0 saturated heterocycles. The molecule has 0 aromatic heterocycles. The van der Waals surface area contributed by atoms with E-state index in [0.717, 1.165) is 16.4 Å². The Morgan fingerprint density at radius 1 is 1.50 bits per heavy atom. The summed E-state index contributed by atoms with van der Waals surface area (Å²) in [4.78, 5) is 0. The van der Waals surface area contributed by atoms with Gasteiger partial charge in [0.25, 0.3) is 0 Å². The maximum Gasteiger partial charge on any atom is 0.115 e. The van der Waals surface area contributed by atoms with Crippen LogP contribution in [0.1, 0.15) is 11.1 Å². The quantitative estimate of drug-likeness (QED) is 0.545. The fraction of sp³-hybridized carbons (Fsp3) is 0.250. The van der Waals surface area contributed by atoms with E-state index >= 15 is 0 Å². The Bertz CT molecular complexity index is 233. The van der Waals surface area contributed by atoms with Crippen LogP contribution in [-0.4, -0.2) is 0 Å². The van der Waals surface area contributed by atoms with Gasteiger partial charge in [-0.15, -0.1) is 9.24 Å². The van der Waals surface area contributed by atoms with Crippen LogP contribution in [0.4, 0.5) is 4.39 Å². The van der Waals surface area contributed by atoms with Gasteiger partial charge in [-0.2, -0.15) is 0 Å². The molecule has 0 aliphatic rings. The summed E-state index contributed by atoms with van der Waals surface area (Å²) in [5.74, 6) is 0. The number of benzene rings is 1. The maximum atomic E-state index is 12.2. The summed E-state index contributed by atoms with van der Waals surface area (Å²) in [5.41, 5.74) is 1.81. The molecule has 1 rings (SSSR count). The molecule has 0 amide bonds. The lowest BCUT2D eigenvalue weighted by molar-refractivity contribution is 0.484. The second-order valence-electron chi connectivity index (χ2n) is 2.32. The summed E-state index contributed by atoms with van der Waals surface area (Å²) in [6.45, 7) is 1.55. The molecular weight excluding hydrogens is 146 g/mol. The van der Waals surface area contributed by atoms with Crippen molar-refractivity contribution in [3.63, 3.8) is 0 Å². The minimum Gasteiger partial charge on any atom is -0.246 e. The minimum atomic E-state index is -0.367. The van der Waals surface area contributed by atoms with E-state index in [1.54, 1.807) is 0 Å². The van der Waals surface area contributed by atoms with Crippen LogP contribution in [0.25, 0.3) is 0 Å². The largest absolute Gasteiger partial charge is 0.246 e. The van der Waals surface area contributed by atoms with Crippen molar-refractivity contribution >= 4 is 14.5 Å². The van der Waals surface area contributed by atoms with E-state index in [0.29, 0.717) is 0 Å². The Kier molecular flexibility index (Phi) is 2.39. The van der Waals surface area contributed by atoms with Gasteiger partial charge < -0.3 is 0 Å². The molecule has 1 aromatic carbocycles. The van der Waals surface area contributed by atoms with Crippen molar-refractivity contribution in [2.45, 2.75) is 13.6 Å². The van der Waals surface area contributed by atoms with E-state index in [2.05, 4.69) is 9.24 Å². The van der Waals surface area contributed by atoms with E-state index < -0.39 is 0 Å². The molecule has 0 nitrogen and oxygen atoms in total. The molecule has 0 saturated carbocycles. The topological polar surface area (TPSA) is 0 Å². The Balaban J connectivity index is 3.09. The molecule has 1 atom stereocenters. The van der Waals surface area contributed by atoms with Crippen molar-refractivity contribution in [3.05, 3.63) is 29.3 Å². The lowest BCUT2D eigenvalue weighted by Gasteiger charge is -2.00. The Morgan fingerprint density at radius 2 is 2.20 bits per heavy atom. The minimum absolute atomic E-state index is 0.367. The highest BCUT2D eigenvalue weighted by Crippen LogP contribution is 2.07. The number of hydrogen-bond acceptors (Lipinski definition) is 0. The number of rotatable bonds is 1. The van der Waals surface area contributed by atoms with Crippen LogP contribution in [0.3, 0.4) is 0 Å². The number of alkyl halides is 1. The van der Waals surface area contributed by atoms with Gasteiger partial charge in [-0.1, -0.05) is 12.1 Å². The van der Waals surface area contributed by atoms with Crippen LogP contribution in [-0.2, 0) is 6.67 Å². The van der Waals surface area contributed by atoms with Gasteiger partial charge in [0.15, 0.2) is 0 Å². The van der Waals surface area contributed by atoms with Crippen molar-refractivity contribution in [1.29, 1.82) is 0 Å². The van der Waals surface area contributed by atoms with Crippen LogP contribution in [0, 0.1) is 6.92 Å². The number of hydrogen-bond donors (Lipinski definition) is 0. The smallest absolute Gasteiger partial charge is 0.115 e. The molecule has 0 aliphatic carbocycles. The van der Waals surface area contributed by atoms with Gasteiger partial charge in [0, 0.05) is 0 Å². The molecule has 1 unspecified atom stereocenters. The normalized spacial score (nSPS) is 9.90. The third kappa shape index (κ3) is 1.54. The summed E-state index contributed by atoms with van der Waals surface area (Å²) in [5, 5.41) is 1.04. The second-order valence-corrected chi connectivity index (χ2v) is 2.99. The van der Waals surface area contributed by atoms with Crippen LogP contribution >= 0.6 is 9.24 Å². The summed E-state index contributed by atoms with van der Waals surface area (Å²) in [6.07, 6.45) is 0. The first-order valence-electron chi connectivity index (χ1n) is 3.15. The molecule has 2 heteroatoms. The summed E-state index contributed by atoms with van der Waals surface area (Å²) >= 11 is 0. The van der Waals surface area contributed by atoms with Gasteiger partial charge in [0.2, 0.25) is 0 Å². The molecule has 0 radical (unpaired) electrons. The lowest BCUT2D eigenvalue weighted by atomic mass is 10.1. The van der Waals surface area contributed by atoms with Gasteiger partial charge in [0.1, 0.15) is 6.67 Å². The molecule has 0 spiro atoms. The highest BCUT2D eigenvalue weighted by Gasteiger charge is 1.95. The fourth-order valence-electron chi connectivity index (χ4n) is 0.835. The zero-order chi connectivity index (χ0) is 7.56. The van der Waals surface area contributed by atoms with Gasteiger partial charge in [-0.25, -0.2) is 4.39 Å². The summed E-state index contributed by atoms with van der Waals surface area (Å²) in [6, 6.07) is 5.73. The highest BCUT2D eigenvalue weighted by molar-refractivity contribution is 7.27. The first-order valence-corrected chi connectivity index (χ1v) is 3.72. The lowest BCUT2D eigenvalue weighted by Crippen LogP contribution is -1.94. The predicted molar refractivity (Wildman–Crippen MR) is 45.3 cm³/mol. The van der Waals surface area contributed by atoms with Gasteiger partial charge in [-0.3, -0.25) is 0 Å². The van der Waals surface area contributed by atoms with E-state index in [-0.39, 0.29) is 6.67 Å². The predicted octanol–water partition coefficient (Wildman–Crippen LogP) is 1.96. The van der Waals surface area contributed by atoms with E-state index in [1.807, 2.05) is 25.1 Å². The van der Waals surface area contributed by atoms with E-state index in [4.69, 9.17) is 0 Å². The molecule has 0 heterocycles. The summed E-state index contributed by atoms with van der Waals surface area (Å²) in [7, 11) is 2.55. The zero-order valence-electron chi connectivity index (χ0n) is 5.89. The van der Waals surface area contributed by atoms with Crippen molar-refractivity contribution in [1.82, 2.24) is 0 Å². The van der Waals surface area contributed by atoms with Crippen LogP contribution in [0.2, 0.25) is 0 Å². The first kappa shape index (κ1) is 7.68. The van der Waals surface area contributed by atoms with Crippen molar-refractivity contribution in [3.8, 4) is 0 Å². The van der Waals surface area contributed by atoms with Gasteiger partial charge in [0.05, 0.1) is 0 Å². The maximum absolute atomic E-state index is 12.2. The molecule has 0 aliphatic heterocycles. The molecule has 1 aromatic rings. The van der Waals surface area contributed by atoms with Gasteiger partial charge >= 0.3 is 0 Å². The van der Waals surface area contributed by atoms with Crippen molar-refractivity contribution in [2.75, 3.05) is 0 Å². The van der Waals surface area contributed by atoms with Crippen LogP contribution in [0.5, 0.6) is 0 Å². The monoisotopic (exact) mass is 156 g/mol. The Labute approximate surface area is 62.7 Å². The average Bonchev–Trinajstić information content (AvgIpc) is 1.94. The summed E-state index contributed by atoms with van der Waals surface area (Å²) < 4.78 is 12.2. The molecule has 0 fully saturated rings. The highest BCUT2D eigenvalue weighted by atomic mass is 31.0. The second kappa shape index (κ2) is 3.12. The third-order valence-electron chi connectivity index (χ3n) is 1.52. The van der Waals surface area contributed by atoms with E-state index in [1.165, 1.54) is 0 Å². The average molecular weight is 156 g/mol. The first-order chi connectivity index (χ1) is 4.74. The van der Waals surface area contributed by atoms with Crippen molar-refractivity contribution < 1.29 is 4.39 Å². The Hall–Kier alpha value is -0.420. The van der Waals surface area contributed by atoms with Crippen LogP contribution in [0.15, 0.2) is 18.2 Å². The molecule has 54 valence electrons. The van der Waals surface area contributed by atoms with Gasteiger partial charge in [-0.05, 0) is 29.4 Å². The third-order valence-corrected chi connectivity index (χ3v) is 1.88. The van der Waals surface area contributed by atoms with Crippen molar-refractivity contribution in [2.24, 2.45) is 0 Å². The molecule has 0 N–H and O–H groups in total. The zero-order valence-corrected chi connectivity index (χ0v) is 7.05.